The number of aromatic nitrogens is 3. The first kappa shape index (κ1) is 16.3. The highest BCUT2D eigenvalue weighted by Gasteiger charge is 2.12. The summed E-state index contributed by atoms with van der Waals surface area (Å²) in [7, 11) is 0. The molecule has 0 radical (unpaired) electrons. The number of rotatable bonds is 4. The molecule has 6 nitrogen and oxygen atoms in total. The average molecular weight is 342 g/mol. The zero-order chi connectivity index (χ0) is 17.3. The molecule has 0 aliphatic carbocycles. The van der Waals surface area contributed by atoms with Crippen molar-refractivity contribution in [1.82, 2.24) is 15.2 Å². The van der Waals surface area contributed by atoms with E-state index in [9.17, 15) is 9.59 Å². The summed E-state index contributed by atoms with van der Waals surface area (Å²) in [6.45, 7) is 6.04. The van der Waals surface area contributed by atoms with E-state index in [1.54, 1.807) is 18.2 Å². The monoisotopic (exact) mass is 342 g/mol. The van der Waals surface area contributed by atoms with Gasteiger partial charge in [-0.3, -0.25) is 14.9 Å². The van der Waals surface area contributed by atoms with Crippen LogP contribution >= 0.6 is 11.3 Å². The van der Waals surface area contributed by atoms with E-state index in [-0.39, 0.29) is 11.3 Å². The normalized spacial score (nSPS) is 11.2. The molecule has 0 saturated carbocycles. The maximum Gasteiger partial charge on any atom is 0.257 e. The molecular formula is C17H18N4O2S. The number of aromatic amines is 1. The quantitative estimate of drug-likeness (QED) is 0.762. The minimum absolute atomic E-state index is 0.106. The number of amides is 1. The Hall–Kier alpha value is -2.54. The smallest absolute Gasteiger partial charge is 0.257 e. The number of pyridine rings is 1. The van der Waals surface area contributed by atoms with E-state index in [4.69, 9.17) is 0 Å². The van der Waals surface area contributed by atoms with Crippen LogP contribution in [0.2, 0.25) is 0 Å². The van der Waals surface area contributed by atoms with Crippen LogP contribution in [-0.4, -0.2) is 21.1 Å². The summed E-state index contributed by atoms with van der Waals surface area (Å²) < 4.78 is 0. The number of anilines is 1. The molecule has 1 amide bonds. The number of aryl methyl sites for hydroxylation is 1. The van der Waals surface area contributed by atoms with E-state index in [1.807, 2.05) is 6.92 Å². The minimum Gasteiger partial charge on any atom is -0.358 e. The van der Waals surface area contributed by atoms with Gasteiger partial charge < -0.3 is 4.98 Å². The van der Waals surface area contributed by atoms with Crippen LogP contribution in [0.25, 0.3) is 10.9 Å². The van der Waals surface area contributed by atoms with E-state index < -0.39 is 0 Å². The number of carbonyl (C=O) groups is 1. The van der Waals surface area contributed by atoms with Crippen LogP contribution in [-0.2, 0) is 6.42 Å². The number of nitrogens with one attached hydrogen (secondary N) is 2. The highest BCUT2D eigenvalue weighted by atomic mass is 32.1. The van der Waals surface area contributed by atoms with E-state index >= 15 is 0 Å². The Bertz CT molecular complexity index is 959. The van der Waals surface area contributed by atoms with E-state index in [2.05, 4.69) is 34.3 Å². The predicted octanol–water partition coefficient (Wildman–Crippen LogP) is 3.14. The molecular weight excluding hydrogens is 324 g/mol. The van der Waals surface area contributed by atoms with Gasteiger partial charge in [-0.05, 0) is 31.0 Å². The van der Waals surface area contributed by atoms with Gasteiger partial charge in [-0.15, -0.1) is 10.2 Å². The van der Waals surface area contributed by atoms with Crippen LogP contribution in [0.1, 0.15) is 34.9 Å². The van der Waals surface area contributed by atoms with Gasteiger partial charge in [-0.25, -0.2) is 0 Å². The Morgan fingerprint density at radius 1 is 1.29 bits per heavy atom. The molecule has 0 spiro atoms. The lowest BCUT2D eigenvalue weighted by Crippen LogP contribution is -2.13. The predicted molar refractivity (Wildman–Crippen MR) is 95.7 cm³/mol. The molecule has 2 heterocycles. The minimum atomic E-state index is -0.302. The molecule has 24 heavy (non-hydrogen) atoms. The molecule has 0 fully saturated rings. The number of hydrogen-bond donors (Lipinski definition) is 2. The second-order valence-corrected chi connectivity index (χ2v) is 7.19. The molecule has 1 aromatic carbocycles. The number of carbonyl (C=O) groups excluding carboxylic acids is 1. The first-order chi connectivity index (χ1) is 11.4. The van der Waals surface area contributed by atoms with Crippen LogP contribution in [0, 0.1) is 12.8 Å². The Morgan fingerprint density at radius 3 is 2.83 bits per heavy atom. The molecule has 0 aliphatic heterocycles. The Morgan fingerprint density at radius 2 is 2.08 bits per heavy atom. The summed E-state index contributed by atoms with van der Waals surface area (Å²) in [6, 6.07) is 6.54. The zero-order valence-corrected chi connectivity index (χ0v) is 14.5. The van der Waals surface area contributed by atoms with Crippen LogP contribution < -0.4 is 10.7 Å². The fourth-order valence-electron chi connectivity index (χ4n) is 2.43. The summed E-state index contributed by atoms with van der Waals surface area (Å²) in [5.41, 5.74) is 1.81. The van der Waals surface area contributed by atoms with Crippen molar-refractivity contribution in [3.63, 3.8) is 0 Å². The number of fused-ring (bicyclic) bond motifs is 1. The summed E-state index contributed by atoms with van der Waals surface area (Å²) in [5, 5.41) is 12.7. The Kier molecular flexibility index (Phi) is 4.44. The molecule has 0 aliphatic rings. The van der Waals surface area contributed by atoms with Gasteiger partial charge >= 0.3 is 0 Å². The van der Waals surface area contributed by atoms with E-state index in [0.717, 1.165) is 17.1 Å². The first-order valence-electron chi connectivity index (χ1n) is 7.70. The van der Waals surface area contributed by atoms with Crippen molar-refractivity contribution < 1.29 is 4.79 Å². The number of benzene rings is 1. The van der Waals surface area contributed by atoms with Crippen LogP contribution in [0.4, 0.5) is 5.13 Å². The van der Waals surface area contributed by atoms with Gasteiger partial charge in [-0.1, -0.05) is 25.2 Å². The van der Waals surface area contributed by atoms with Gasteiger partial charge in [0, 0.05) is 34.6 Å². The second-order valence-electron chi connectivity index (χ2n) is 6.13. The second kappa shape index (κ2) is 6.52. The SMILES string of the molecule is Cc1cc(=O)c2cc(C(=O)Nc3nnc(CC(C)C)s3)ccc2[nH]1. The summed E-state index contributed by atoms with van der Waals surface area (Å²) in [5.74, 6) is 0.182. The van der Waals surface area contributed by atoms with Crippen molar-refractivity contribution >= 4 is 33.3 Å². The third-order valence-corrected chi connectivity index (χ3v) is 4.36. The standard InChI is InChI=1S/C17H18N4O2S/c1-9(2)6-15-20-21-17(24-15)19-16(23)11-4-5-13-12(8-11)14(22)7-10(3)18-13/h4-5,7-9H,6H2,1-3H3,(H,18,22)(H,19,21,23). The Balaban J connectivity index is 1.83. The molecule has 0 unspecified atom stereocenters. The van der Waals surface area contributed by atoms with Gasteiger partial charge in [0.05, 0.1) is 0 Å². The van der Waals surface area contributed by atoms with Crippen molar-refractivity contribution in [3.05, 3.63) is 50.8 Å². The molecule has 2 aromatic heterocycles. The van der Waals surface area contributed by atoms with Gasteiger partial charge in [0.25, 0.3) is 5.91 Å². The summed E-state index contributed by atoms with van der Waals surface area (Å²) in [4.78, 5) is 27.6. The van der Waals surface area contributed by atoms with E-state index in [0.29, 0.717) is 27.5 Å². The molecule has 0 saturated heterocycles. The summed E-state index contributed by atoms with van der Waals surface area (Å²) >= 11 is 1.37. The zero-order valence-electron chi connectivity index (χ0n) is 13.7. The molecule has 2 N–H and O–H groups in total. The van der Waals surface area contributed by atoms with Crippen LogP contribution in [0.15, 0.2) is 29.1 Å². The first-order valence-corrected chi connectivity index (χ1v) is 8.51. The summed E-state index contributed by atoms with van der Waals surface area (Å²) in [6.07, 6.45) is 0.832. The average Bonchev–Trinajstić information content (AvgIpc) is 2.93. The molecule has 7 heteroatoms. The lowest BCUT2D eigenvalue weighted by molar-refractivity contribution is 0.102. The van der Waals surface area contributed by atoms with Crippen LogP contribution in [0.5, 0.6) is 0 Å². The highest BCUT2D eigenvalue weighted by Crippen LogP contribution is 2.19. The van der Waals surface area contributed by atoms with Gasteiger partial charge in [0.1, 0.15) is 5.01 Å². The molecule has 0 atom stereocenters. The molecule has 3 rings (SSSR count). The molecule has 124 valence electrons. The van der Waals surface area contributed by atoms with Crippen molar-refractivity contribution in [3.8, 4) is 0 Å². The molecule has 0 bridgehead atoms. The van der Waals surface area contributed by atoms with Gasteiger partial charge in [0.2, 0.25) is 5.13 Å². The van der Waals surface area contributed by atoms with Gasteiger partial charge in [-0.2, -0.15) is 0 Å². The van der Waals surface area contributed by atoms with Crippen LogP contribution in [0.3, 0.4) is 0 Å². The fourth-order valence-corrected chi connectivity index (χ4v) is 3.37. The largest absolute Gasteiger partial charge is 0.358 e. The highest BCUT2D eigenvalue weighted by molar-refractivity contribution is 7.15. The maximum absolute atomic E-state index is 12.4. The lowest BCUT2D eigenvalue weighted by atomic mass is 10.1. The van der Waals surface area contributed by atoms with Crippen molar-refractivity contribution in [2.45, 2.75) is 27.2 Å². The Labute approximate surface area is 143 Å². The van der Waals surface area contributed by atoms with Gasteiger partial charge in [0.15, 0.2) is 5.43 Å². The third kappa shape index (κ3) is 3.51. The maximum atomic E-state index is 12.4. The number of nitrogens with zero attached hydrogens (tertiary/aromatic N) is 2. The van der Waals surface area contributed by atoms with Crippen molar-refractivity contribution in [1.29, 1.82) is 0 Å². The number of H-pyrrole nitrogens is 1. The molecule has 3 aromatic rings. The fraction of sp³-hybridized carbons (Fsp3) is 0.294. The topological polar surface area (TPSA) is 87.7 Å². The van der Waals surface area contributed by atoms with Crippen molar-refractivity contribution in [2.75, 3.05) is 5.32 Å². The van der Waals surface area contributed by atoms with Crippen molar-refractivity contribution in [2.24, 2.45) is 5.92 Å². The third-order valence-electron chi connectivity index (χ3n) is 3.50. The lowest BCUT2D eigenvalue weighted by Gasteiger charge is -2.04. The van der Waals surface area contributed by atoms with E-state index in [1.165, 1.54) is 17.4 Å². The number of hydrogen-bond acceptors (Lipinski definition) is 5.